The van der Waals surface area contributed by atoms with Crippen molar-refractivity contribution in [2.45, 2.75) is 310 Å². The molecule has 6 aliphatic carbocycles. The van der Waals surface area contributed by atoms with E-state index < -0.39 is 70.1 Å². The maximum absolute atomic E-state index is 11.8. The van der Waals surface area contributed by atoms with Crippen LogP contribution in [0.2, 0.25) is 0 Å². The molecule has 6 aliphatic rings. The number of primary amides is 2. The molecular weight excluding hydrogens is 1360 g/mol. The number of carboxylic acid groups (broad SMARTS) is 1. The number of ether oxygens (including phenoxy) is 5. The summed E-state index contributed by atoms with van der Waals surface area (Å²) in [4.78, 5) is 101. The van der Waals surface area contributed by atoms with Crippen molar-refractivity contribution in [1.82, 2.24) is 51.5 Å². The molecule has 9 rings (SSSR count). The van der Waals surface area contributed by atoms with Crippen LogP contribution in [0.25, 0.3) is 5.69 Å². The van der Waals surface area contributed by atoms with E-state index in [1.165, 1.54) is 62.4 Å². The molecule has 2 aromatic heterocycles. The van der Waals surface area contributed by atoms with Gasteiger partial charge in [-0.05, 0) is 209 Å². The molecule has 6 saturated carbocycles. The number of nitrogens with zero attached hydrogens (tertiary/aromatic N) is 5. The minimum Gasteiger partial charge on any atom is -0.480 e. The summed E-state index contributed by atoms with van der Waals surface area (Å²) in [6, 6.07) is 6.70. The molecule has 106 heavy (non-hydrogen) atoms. The fourth-order valence-corrected chi connectivity index (χ4v) is 10.4. The van der Waals surface area contributed by atoms with Gasteiger partial charge in [-0.2, -0.15) is 20.0 Å². The zero-order chi connectivity index (χ0) is 79.3. The van der Waals surface area contributed by atoms with Crippen molar-refractivity contribution in [3.8, 4) is 5.69 Å². The Labute approximate surface area is 628 Å². The quantitative estimate of drug-likeness (QED) is 0.0287. The summed E-state index contributed by atoms with van der Waals surface area (Å²) >= 11 is 0. The third-order valence-electron chi connectivity index (χ3n) is 16.7. The predicted octanol–water partition coefficient (Wildman–Crippen LogP) is 12.2. The van der Waals surface area contributed by atoms with Gasteiger partial charge in [0.25, 0.3) is 5.91 Å². The van der Waals surface area contributed by atoms with E-state index in [2.05, 4.69) is 71.2 Å². The normalized spacial score (nSPS) is 17.1. The van der Waals surface area contributed by atoms with E-state index in [0.29, 0.717) is 55.2 Å². The smallest absolute Gasteiger partial charge is 0.408 e. The van der Waals surface area contributed by atoms with Crippen LogP contribution in [0, 0.1) is 35.5 Å². The second-order valence-corrected chi connectivity index (χ2v) is 33.7. The van der Waals surface area contributed by atoms with Gasteiger partial charge in [0.05, 0.1) is 18.1 Å². The molecule has 6 atom stereocenters. The van der Waals surface area contributed by atoms with E-state index in [1.807, 2.05) is 86.6 Å². The Morgan fingerprint density at radius 3 is 1.17 bits per heavy atom. The lowest BCUT2D eigenvalue weighted by Gasteiger charge is -2.23. The highest BCUT2D eigenvalue weighted by Gasteiger charge is 2.34. The summed E-state index contributed by atoms with van der Waals surface area (Å²) in [6.45, 7) is 32.6. The molecular formula is C76H130N16O14. The molecule has 1 aromatic carbocycles. The van der Waals surface area contributed by atoms with Gasteiger partial charge in [-0.15, -0.1) is 0 Å². The number of carbonyl (C=O) groups is 8. The molecule has 7 amide bonds. The molecule has 6 fully saturated rings. The Bertz CT molecular complexity index is 3040. The van der Waals surface area contributed by atoms with Crippen molar-refractivity contribution < 1.29 is 67.1 Å². The van der Waals surface area contributed by atoms with Gasteiger partial charge in [0.15, 0.2) is 0 Å². The lowest BCUT2D eigenvalue weighted by Crippen LogP contribution is -2.46. The minimum absolute atomic E-state index is 0.0624. The summed E-state index contributed by atoms with van der Waals surface area (Å²) in [5.41, 5.74) is 21.4. The van der Waals surface area contributed by atoms with Gasteiger partial charge in [0.1, 0.15) is 51.5 Å². The van der Waals surface area contributed by atoms with Gasteiger partial charge in [0.2, 0.25) is 11.9 Å². The number of nitrogens with one attached hydrogen (secondary N) is 7. The molecule has 3 aromatic rings. The molecule has 0 aliphatic heterocycles. The average Bonchev–Trinajstić information content (AvgIpc) is 0.851. The number of aromatic nitrogens is 5. The van der Waals surface area contributed by atoms with E-state index in [9.17, 15) is 38.4 Å². The number of aliphatic carboxylic acids is 1. The number of nitrogens with two attached hydrogens (primary N) is 4. The Morgan fingerprint density at radius 2 is 0.830 bits per heavy atom. The number of anilines is 3. The molecule has 0 unspecified atom stereocenters. The molecule has 0 saturated heterocycles. The van der Waals surface area contributed by atoms with Crippen molar-refractivity contribution in [3.63, 3.8) is 0 Å². The van der Waals surface area contributed by atoms with Crippen molar-refractivity contribution in [3.05, 3.63) is 48.4 Å². The Morgan fingerprint density at radius 1 is 0.491 bits per heavy atom. The molecule has 0 spiro atoms. The van der Waals surface area contributed by atoms with Crippen molar-refractivity contribution in [1.29, 1.82) is 0 Å². The van der Waals surface area contributed by atoms with Crippen LogP contribution >= 0.6 is 0 Å². The molecule has 2 heterocycles. The average molecular weight is 1490 g/mol. The van der Waals surface area contributed by atoms with E-state index in [-0.39, 0.29) is 48.0 Å². The van der Waals surface area contributed by atoms with Crippen LogP contribution in [0.3, 0.4) is 0 Å². The van der Waals surface area contributed by atoms with Gasteiger partial charge in [-0.1, -0.05) is 97.0 Å². The van der Waals surface area contributed by atoms with Crippen LogP contribution in [0.15, 0.2) is 42.9 Å². The number of amides is 7. The Hall–Kier alpha value is -8.28. The summed E-state index contributed by atoms with van der Waals surface area (Å²) in [6.07, 6.45) is 24.4. The van der Waals surface area contributed by atoms with Gasteiger partial charge in [0, 0.05) is 49.1 Å². The fourth-order valence-electron chi connectivity index (χ4n) is 10.4. The standard InChI is InChI=1S/C19H23N9O.2C12H23NO2.C11H20N2O3.C11H22N2O2.C11H19NO4/c20-10-14(8-12-4-5-12)26-19-22-11-16(17(21)29)18(27-19)25-13-2-1-3-15(9-13)28-23-6-7-24-28;2*1-5-10(8-9-6-7-9)13-11(14)15-12(2,3)4;1-11(2,3)16-10(15)13-8(9(12)14)6-7-4-5-7;1-11(2,3)15-10(14)13-9(7-12)6-8-4-5-8;1-11(2,3)16-10(15)12-8(9(13)14)6-7-4-5-7/h1-3,6-7,9,11-12,14H,4-5,8,10,20H2,(H2,21,29)(H2,22,25,26,27);2*9-10H,5-8H2,1-4H3,(H,13,14);7-8H,4-6H2,1-3H3,(H2,12,14)(H,13,15);8-9H,4-7,12H2,1-3H3,(H,13,14);7-8H,4-6H2,1-3H3,(H,12,15)(H,13,14)/t14-;2*10-;8-;9-;8-/m100111/s1. The first-order valence-corrected chi connectivity index (χ1v) is 38.0. The number of rotatable bonds is 29. The summed E-state index contributed by atoms with van der Waals surface area (Å²) in [7, 11) is 0. The third-order valence-corrected chi connectivity index (χ3v) is 16.7. The summed E-state index contributed by atoms with van der Waals surface area (Å²) < 4.78 is 25.7. The van der Waals surface area contributed by atoms with E-state index in [4.69, 9.17) is 51.7 Å². The van der Waals surface area contributed by atoms with Gasteiger partial charge >= 0.3 is 36.4 Å². The predicted molar refractivity (Wildman–Crippen MR) is 408 cm³/mol. The highest BCUT2D eigenvalue weighted by molar-refractivity contribution is 5.98. The maximum atomic E-state index is 11.8. The maximum Gasteiger partial charge on any atom is 0.408 e. The fraction of sp³-hybridized carbons (Fsp3) is 0.737. The number of carboxylic acids is 1. The molecule has 0 bridgehead atoms. The van der Waals surface area contributed by atoms with Crippen LogP contribution in [0.1, 0.15) is 256 Å². The largest absolute Gasteiger partial charge is 0.480 e. The van der Waals surface area contributed by atoms with E-state index >= 15 is 0 Å². The monoisotopic (exact) mass is 1490 g/mol. The van der Waals surface area contributed by atoms with Gasteiger partial charge < -0.3 is 88.9 Å². The zero-order valence-corrected chi connectivity index (χ0v) is 66.3. The SMILES string of the molecule is CC(C)(C)OC(=O)N[C@@H](CN)CC1CC1.CC(C)(C)OC(=O)N[C@H](CC1CC1)C(=O)O.CC(C)(C)OC(=O)N[C@H](CC1CC1)C(N)=O.CC[C@@H](CC1CC1)NC(=O)OC(C)(C)C.CC[C@@H](CC1CC1)NC(=O)OC(C)(C)C.NC[C@@H](CC1CC1)Nc1ncc(C(N)=O)c(Nc2cccc(-n3nccn3)c2)n1. The second kappa shape index (κ2) is 42.3. The lowest BCUT2D eigenvalue weighted by atomic mass is 10.1. The first-order valence-electron chi connectivity index (χ1n) is 38.0. The highest BCUT2D eigenvalue weighted by Crippen LogP contribution is 2.38. The molecule has 30 nitrogen and oxygen atoms in total. The number of hydrogen-bond donors (Lipinski definition) is 12. The first-order chi connectivity index (χ1) is 49.4. The highest BCUT2D eigenvalue weighted by atomic mass is 16.6. The van der Waals surface area contributed by atoms with Crippen LogP contribution < -0.4 is 60.2 Å². The molecule has 0 radical (unpaired) electrons. The van der Waals surface area contributed by atoms with Crippen molar-refractivity contribution in [2.75, 3.05) is 23.7 Å². The lowest BCUT2D eigenvalue weighted by molar-refractivity contribution is -0.139. The first kappa shape index (κ1) is 90.1. The third kappa shape index (κ3) is 43.4. The number of hydrogen-bond acceptors (Lipinski definition) is 21. The van der Waals surface area contributed by atoms with Crippen LogP contribution in [-0.4, -0.2) is 156 Å². The van der Waals surface area contributed by atoms with E-state index in [1.54, 1.807) is 53.9 Å². The number of benzene rings is 1. The molecule has 598 valence electrons. The topological polar surface area (TPSA) is 448 Å². The molecule has 30 heteroatoms. The zero-order valence-electron chi connectivity index (χ0n) is 66.3. The van der Waals surface area contributed by atoms with Crippen LogP contribution in [-0.2, 0) is 33.3 Å². The number of carbonyl (C=O) groups excluding carboxylic acids is 7. The van der Waals surface area contributed by atoms with Gasteiger partial charge in [-0.3, -0.25) is 9.59 Å². The van der Waals surface area contributed by atoms with Crippen molar-refractivity contribution >= 4 is 65.7 Å². The minimum atomic E-state index is -1.00. The number of alkyl carbamates (subject to hydrolysis) is 5. The van der Waals surface area contributed by atoms with Crippen LogP contribution in [0.5, 0.6) is 0 Å². The van der Waals surface area contributed by atoms with Gasteiger partial charge in [-0.25, -0.2) is 33.8 Å². The van der Waals surface area contributed by atoms with Crippen LogP contribution in [0.4, 0.5) is 41.4 Å². The summed E-state index contributed by atoms with van der Waals surface area (Å²) in [5, 5.41) is 37.1. The van der Waals surface area contributed by atoms with Crippen molar-refractivity contribution in [2.24, 2.45) is 58.4 Å². The summed E-state index contributed by atoms with van der Waals surface area (Å²) in [5.74, 6) is 2.72. The molecule has 16 N–H and O–H groups in total. The Balaban J connectivity index is 0.000000276. The van der Waals surface area contributed by atoms with E-state index in [0.717, 1.165) is 93.6 Å². The Kier molecular flexibility index (Phi) is 36.0. The second-order valence-electron chi connectivity index (χ2n) is 33.7.